The predicted octanol–water partition coefficient (Wildman–Crippen LogP) is 3.46. The summed E-state index contributed by atoms with van der Waals surface area (Å²) in [7, 11) is 1.60. The topological polar surface area (TPSA) is 41.5 Å². The Bertz CT molecular complexity index is 364. The Labute approximate surface area is 110 Å². The molecule has 102 valence electrons. The number of hydrogen-bond donors (Lipinski definition) is 2. The number of benzene rings is 1. The van der Waals surface area contributed by atoms with Crippen LogP contribution in [0.15, 0.2) is 18.2 Å². The molecule has 0 amide bonds. The number of nitrogens with one attached hydrogen (secondary N) is 1. The maximum atomic E-state index is 9.92. The van der Waals surface area contributed by atoms with Gasteiger partial charge in [0, 0.05) is 23.7 Å². The number of ether oxygens (including phenoxy) is 1. The summed E-state index contributed by atoms with van der Waals surface area (Å²) in [4.78, 5) is 0. The minimum Gasteiger partial charge on any atom is -0.507 e. The lowest BCUT2D eigenvalue weighted by atomic mass is 9.89. The van der Waals surface area contributed by atoms with Gasteiger partial charge in [0.2, 0.25) is 0 Å². The van der Waals surface area contributed by atoms with E-state index in [-0.39, 0.29) is 5.54 Å². The van der Waals surface area contributed by atoms with Crippen molar-refractivity contribution >= 4 is 0 Å². The molecule has 18 heavy (non-hydrogen) atoms. The van der Waals surface area contributed by atoms with Crippen LogP contribution in [-0.4, -0.2) is 17.8 Å². The van der Waals surface area contributed by atoms with E-state index >= 15 is 0 Å². The maximum absolute atomic E-state index is 9.92. The average Bonchev–Trinajstić information content (AvgIpc) is 2.42. The first-order valence-corrected chi connectivity index (χ1v) is 6.71. The number of phenolic OH excluding ortho intramolecular Hbond substituents is 1. The molecule has 1 rings (SSSR count). The van der Waals surface area contributed by atoms with Crippen molar-refractivity contribution in [3.63, 3.8) is 0 Å². The minimum atomic E-state index is 0.173. The third-order valence-corrected chi connectivity index (χ3v) is 3.98. The fourth-order valence-corrected chi connectivity index (χ4v) is 2.23. The molecule has 3 nitrogen and oxygen atoms in total. The fraction of sp³-hybridized carbons (Fsp3) is 0.600. The van der Waals surface area contributed by atoms with Crippen LogP contribution in [0.4, 0.5) is 0 Å². The van der Waals surface area contributed by atoms with E-state index in [4.69, 9.17) is 4.74 Å². The van der Waals surface area contributed by atoms with E-state index in [9.17, 15) is 5.11 Å². The first kappa shape index (κ1) is 14.8. The SMILES string of the molecule is CCC(CC)(CC)NCc1ccc(OC)cc1O. The summed E-state index contributed by atoms with van der Waals surface area (Å²) < 4.78 is 5.08. The van der Waals surface area contributed by atoms with Crippen molar-refractivity contribution in [3.8, 4) is 11.5 Å². The van der Waals surface area contributed by atoms with Crippen molar-refractivity contribution < 1.29 is 9.84 Å². The van der Waals surface area contributed by atoms with Gasteiger partial charge in [-0.15, -0.1) is 0 Å². The quantitative estimate of drug-likeness (QED) is 0.779. The standard InChI is InChI=1S/C15H25NO2/c1-5-15(6-2,7-3)16-11-12-8-9-13(18-4)10-14(12)17/h8-10,16-17H,5-7,11H2,1-4H3. The predicted molar refractivity (Wildman–Crippen MR) is 75.1 cm³/mol. The third-order valence-electron chi connectivity index (χ3n) is 3.98. The Balaban J connectivity index is 2.73. The molecule has 0 heterocycles. The van der Waals surface area contributed by atoms with Gasteiger partial charge in [0.25, 0.3) is 0 Å². The van der Waals surface area contributed by atoms with Gasteiger partial charge in [0.15, 0.2) is 0 Å². The lowest BCUT2D eigenvalue weighted by molar-refractivity contribution is 0.286. The molecule has 0 spiro atoms. The third kappa shape index (κ3) is 3.39. The van der Waals surface area contributed by atoms with E-state index < -0.39 is 0 Å². The van der Waals surface area contributed by atoms with Crippen molar-refractivity contribution in [2.45, 2.75) is 52.1 Å². The van der Waals surface area contributed by atoms with Crippen LogP contribution in [-0.2, 0) is 6.54 Å². The fourth-order valence-electron chi connectivity index (χ4n) is 2.23. The summed E-state index contributed by atoms with van der Waals surface area (Å²) in [6.07, 6.45) is 3.28. The van der Waals surface area contributed by atoms with Gasteiger partial charge in [-0.05, 0) is 25.3 Å². The van der Waals surface area contributed by atoms with E-state index in [0.717, 1.165) is 24.8 Å². The molecule has 0 saturated heterocycles. The Kier molecular flexibility index (Phi) is 5.48. The van der Waals surface area contributed by atoms with Crippen molar-refractivity contribution in [2.75, 3.05) is 7.11 Å². The van der Waals surface area contributed by atoms with E-state index in [2.05, 4.69) is 26.1 Å². The van der Waals surface area contributed by atoms with Gasteiger partial charge in [-0.3, -0.25) is 0 Å². The van der Waals surface area contributed by atoms with Gasteiger partial charge >= 0.3 is 0 Å². The smallest absolute Gasteiger partial charge is 0.123 e. The van der Waals surface area contributed by atoms with Crippen LogP contribution in [0.25, 0.3) is 0 Å². The minimum absolute atomic E-state index is 0.173. The second-order valence-corrected chi connectivity index (χ2v) is 4.69. The Morgan fingerprint density at radius 2 is 1.78 bits per heavy atom. The van der Waals surface area contributed by atoms with Crippen LogP contribution in [0, 0.1) is 0 Å². The molecule has 0 radical (unpaired) electrons. The lowest BCUT2D eigenvalue weighted by Gasteiger charge is -2.32. The number of hydrogen-bond acceptors (Lipinski definition) is 3. The molecular weight excluding hydrogens is 226 g/mol. The van der Waals surface area contributed by atoms with Gasteiger partial charge in [0.1, 0.15) is 11.5 Å². The van der Waals surface area contributed by atoms with Gasteiger partial charge < -0.3 is 15.2 Å². The van der Waals surface area contributed by atoms with E-state index in [1.54, 1.807) is 13.2 Å². The first-order valence-electron chi connectivity index (χ1n) is 6.71. The molecule has 0 bridgehead atoms. The van der Waals surface area contributed by atoms with Gasteiger partial charge in [-0.2, -0.15) is 0 Å². The van der Waals surface area contributed by atoms with Crippen molar-refractivity contribution in [3.05, 3.63) is 23.8 Å². The highest BCUT2D eigenvalue weighted by Crippen LogP contribution is 2.25. The zero-order valence-electron chi connectivity index (χ0n) is 11.9. The highest BCUT2D eigenvalue weighted by molar-refractivity contribution is 5.39. The molecule has 3 heteroatoms. The van der Waals surface area contributed by atoms with E-state index in [1.165, 1.54) is 0 Å². The second kappa shape index (κ2) is 6.64. The van der Waals surface area contributed by atoms with E-state index in [0.29, 0.717) is 18.0 Å². The normalized spacial score (nSPS) is 11.6. The largest absolute Gasteiger partial charge is 0.507 e. The zero-order chi connectivity index (χ0) is 13.6. The van der Waals surface area contributed by atoms with E-state index in [1.807, 2.05) is 12.1 Å². The van der Waals surface area contributed by atoms with Crippen LogP contribution in [0.2, 0.25) is 0 Å². The highest BCUT2D eigenvalue weighted by Gasteiger charge is 2.22. The molecule has 0 atom stereocenters. The molecule has 0 aliphatic rings. The Morgan fingerprint density at radius 1 is 1.17 bits per heavy atom. The Hall–Kier alpha value is -1.22. The summed E-state index contributed by atoms with van der Waals surface area (Å²) in [6.45, 7) is 7.29. The van der Waals surface area contributed by atoms with Gasteiger partial charge in [0.05, 0.1) is 7.11 Å². The number of rotatable bonds is 7. The molecule has 0 unspecified atom stereocenters. The molecule has 2 N–H and O–H groups in total. The van der Waals surface area contributed by atoms with Gasteiger partial charge in [-0.1, -0.05) is 26.8 Å². The Morgan fingerprint density at radius 3 is 2.22 bits per heavy atom. The molecular formula is C15H25NO2. The van der Waals surface area contributed by atoms with Crippen LogP contribution < -0.4 is 10.1 Å². The van der Waals surface area contributed by atoms with Crippen LogP contribution in [0.3, 0.4) is 0 Å². The second-order valence-electron chi connectivity index (χ2n) is 4.69. The van der Waals surface area contributed by atoms with Crippen molar-refractivity contribution in [1.82, 2.24) is 5.32 Å². The van der Waals surface area contributed by atoms with Crippen LogP contribution >= 0.6 is 0 Å². The maximum Gasteiger partial charge on any atom is 0.123 e. The molecule has 0 aromatic heterocycles. The van der Waals surface area contributed by atoms with Crippen molar-refractivity contribution in [2.24, 2.45) is 0 Å². The number of methoxy groups -OCH3 is 1. The molecule has 0 saturated carbocycles. The van der Waals surface area contributed by atoms with Gasteiger partial charge in [-0.25, -0.2) is 0 Å². The molecule has 1 aromatic rings. The monoisotopic (exact) mass is 251 g/mol. The molecule has 0 aliphatic carbocycles. The molecule has 0 aliphatic heterocycles. The average molecular weight is 251 g/mol. The highest BCUT2D eigenvalue weighted by atomic mass is 16.5. The summed E-state index contributed by atoms with van der Waals surface area (Å²) >= 11 is 0. The summed E-state index contributed by atoms with van der Waals surface area (Å²) in [5.41, 5.74) is 1.09. The van der Waals surface area contributed by atoms with Crippen molar-refractivity contribution in [1.29, 1.82) is 0 Å². The summed E-state index contributed by atoms with van der Waals surface area (Å²) in [6, 6.07) is 5.44. The number of phenols is 1. The molecule has 0 fully saturated rings. The van der Waals surface area contributed by atoms with Crippen LogP contribution in [0.5, 0.6) is 11.5 Å². The number of aromatic hydroxyl groups is 1. The first-order chi connectivity index (χ1) is 8.60. The molecule has 1 aromatic carbocycles. The lowest BCUT2D eigenvalue weighted by Crippen LogP contribution is -2.43. The summed E-state index contributed by atoms with van der Waals surface area (Å²) in [5, 5.41) is 13.5. The van der Waals surface area contributed by atoms with Crippen LogP contribution in [0.1, 0.15) is 45.6 Å². The summed E-state index contributed by atoms with van der Waals surface area (Å²) in [5.74, 6) is 0.975. The zero-order valence-corrected chi connectivity index (χ0v) is 11.9.